The minimum atomic E-state index is -3.82. The highest BCUT2D eigenvalue weighted by molar-refractivity contribution is 9.10. The zero-order valence-electron chi connectivity index (χ0n) is 14.0. The molecule has 0 heterocycles. The molecule has 0 aliphatic heterocycles. The fourth-order valence-corrected chi connectivity index (χ4v) is 2.98. The molecule has 1 saturated carbocycles. The number of hydroxylamine groups is 1. The van der Waals surface area contributed by atoms with Gasteiger partial charge in [0.05, 0.1) is 10.2 Å². The third kappa shape index (κ3) is 6.32. The molecule has 0 radical (unpaired) electrons. The van der Waals surface area contributed by atoms with Crippen LogP contribution in [0.3, 0.4) is 0 Å². The largest absolute Gasteiger partial charge is 0.760 e. The van der Waals surface area contributed by atoms with Crippen LogP contribution in [0.15, 0.2) is 32.7 Å². The average Bonchev–Trinajstić information content (AvgIpc) is 3.36. The lowest BCUT2D eigenvalue weighted by Gasteiger charge is -2.17. The van der Waals surface area contributed by atoms with Gasteiger partial charge in [-0.2, -0.15) is 8.42 Å². The Morgan fingerprint density at radius 1 is 1.44 bits per heavy atom. The van der Waals surface area contributed by atoms with E-state index in [-0.39, 0.29) is 34.9 Å². The summed E-state index contributed by atoms with van der Waals surface area (Å²) < 4.78 is 37.6. The minimum Gasteiger partial charge on any atom is -0.760 e. The molecule has 1 aromatic rings. The number of aliphatic imine (C=N–C) groups is 2. The van der Waals surface area contributed by atoms with Gasteiger partial charge in [0.1, 0.15) is 17.4 Å². The SMILES string of the molecule is N=C(C(N)=Nc1ccc(F)c(Br)c1)C(=NCC1(CNS(N)(=O)=O)CC1)N[O-]. The molecule has 1 fully saturated rings. The van der Waals surface area contributed by atoms with E-state index < -0.39 is 27.2 Å². The highest BCUT2D eigenvalue weighted by Crippen LogP contribution is 2.45. The molecule has 0 bridgehead atoms. The smallest absolute Gasteiger partial charge is 0.274 e. The van der Waals surface area contributed by atoms with Crippen molar-refractivity contribution in [2.24, 2.45) is 26.3 Å². The number of hydrogen-bond donors (Lipinski definition) is 5. The third-order valence-electron chi connectivity index (χ3n) is 3.92. The molecular weight excluding hydrogens is 445 g/mol. The summed E-state index contributed by atoms with van der Waals surface area (Å²) in [6.07, 6.45) is 1.40. The van der Waals surface area contributed by atoms with Gasteiger partial charge < -0.3 is 16.4 Å². The van der Waals surface area contributed by atoms with Crippen LogP contribution in [0.25, 0.3) is 0 Å². The highest BCUT2D eigenvalue weighted by atomic mass is 79.9. The molecule has 0 saturated heterocycles. The van der Waals surface area contributed by atoms with E-state index >= 15 is 0 Å². The summed E-state index contributed by atoms with van der Waals surface area (Å²) in [5, 5.41) is 24.0. The Kier molecular flexibility index (Phi) is 6.64. The van der Waals surface area contributed by atoms with Crippen molar-refractivity contribution in [3.63, 3.8) is 0 Å². The van der Waals surface area contributed by atoms with Crippen molar-refractivity contribution >= 4 is 49.2 Å². The number of amidine groups is 2. The fourth-order valence-electron chi connectivity index (χ4n) is 2.10. The number of nitrogens with one attached hydrogen (secondary N) is 3. The fraction of sp³-hybridized carbons (Fsp3) is 0.357. The molecule has 0 atom stereocenters. The average molecular weight is 463 g/mol. The standard InChI is InChI=1S/C14H18BrFN7O3S/c15-9-5-8(1-2-10(9)16)22-12(18)11(17)13(23-24)20-6-14(3-4-14)7-21-27(19,25)26/h1-2,5,17,21H,3-4,6-7H2,(H5-,18,19,20,22,23,24,25,26)/q-1. The van der Waals surface area contributed by atoms with Gasteiger partial charge in [-0.25, -0.2) is 19.2 Å². The molecule has 1 aromatic carbocycles. The number of benzene rings is 1. The van der Waals surface area contributed by atoms with E-state index in [2.05, 4.69) is 30.6 Å². The zero-order valence-corrected chi connectivity index (χ0v) is 16.4. The van der Waals surface area contributed by atoms with Crippen LogP contribution in [0.5, 0.6) is 0 Å². The second kappa shape index (κ2) is 8.39. The van der Waals surface area contributed by atoms with Crippen LogP contribution in [0.2, 0.25) is 0 Å². The van der Waals surface area contributed by atoms with Crippen LogP contribution in [-0.4, -0.2) is 38.9 Å². The predicted molar refractivity (Wildman–Crippen MR) is 105 cm³/mol. The topological polar surface area (TPSA) is 182 Å². The lowest BCUT2D eigenvalue weighted by Crippen LogP contribution is -2.38. The Morgan fingerprint density at radius 2 is 2.11 bits per heavy atom. The number of halogens is 2. The normalized spacial score (nSPS) is 16.9. The number of nitrogens with zero attached hydrogens (tertiary/aromatic N) is 2. The van der Waals surface area contributed by atoms with Crippen LogP contribution < -0.4 is 21.1 Å². The molecule has 7 N–H and O–H groups in total. The van der Waals surface area contributed by atoms with Crippen molar-refractivity contribution < 1.29 is 12.8 Å². The Labute approximate surface area is 163 Å². The Balaban J connectivity index is 2.09. The number of nitrogens with two attached hydrogens (primary N) is 2. The first kappa shape index (κ1) is 21.4. The summed E-state index contributed by atoms with van der Waals surface area (Å²) in [5.74, 6) is -1.10. The monoisotopic (exact) mass is 462 g/mol. The van der Waals surface area contributed by atoms with Gasteiger partial charge in [-0.3, -0.25) is 10.4 Å². The van der Waals surface area contributed by atoms with Crippen molar-refractivity contribution in [1.82, 2.24) is 10.2 Å². The third-order valence-corrected chi connectivity index (χ3v) is 5.07. The molecular formula is C14H18BrFN7O3S-. The molecule has 1 aliphatic rings. The molecule has 0 amide bonds. The van der Waals surface area contributed by atoms with Crippen molar-refractivity contribution in [1.29, 1.82) is 5.41 Å². The molecule has 1 aliphatic carbocycles. The summed E-state index contributed by atoms with van der Waals surface area (Å²) in [4.78, 5) is 8.00. The maximum absolute atomic E-state index is 13.2. The zero-order chi connectivity index (χ0) is 20.2. The van der Waals surface area contributed by atoms with Gasteiger partial charge in [0.15, 0.2) is 5.84 Å². The molecule has 0 spiro atoms. The first-order valence-corrected chi connectivity index (χ1v) is 9.98. The molecule has 0 unspecified atom stereocenters. The van der Waals surface area contributed by atoms with E-state index in [1.165, 1.54) is 18.2 Å². The lowest BCUT2D eigenvalue weighted by molar-refractivity contribution is 0.502. The summed E-state index contributed by atoms with van der Waals surface area (Å²) >= 11 is 3.02. The van der Waals surface area contributed by atoms with Crippen LogP contribution in [0, 0.1) is 21.8 Å². The van der Waals surface area contributed by atoms with Gasteiger partial charge in [-0.15, -0.1) is 0 Å². The van der Waals surface area contributed by atoms with E-state index in [1.807, 2.05) is 0 Å². The van der Waals surface area contributed by atoms with E-state index in [4.69, 9.17) is 16.3 Å². The van der Waals surface area contributed by atoms with E-state index in [1.54, 1.807) is 5.48 Å². The summed E-state index contributed by atoms with van der Waals surface area (Å²) in [7, 11) is -3.82. The van der Waals surface area contributed by atoms with Crippen molar-refractivity contribution in [2.75, 3.05) is 13.1 Å². The molecule has 10 nitrogen and oxygen atoms in total. The van der Waals surface area contributed by atoms with Crippen molar-refractivity contribution in [2.45, 2.75) is 12.8 Å². The van der Waals surface area contributed by atoms with E-state index in [0.29, 0.717) is 12.8 Å². The van der Waals surface area contributed by atoms with Gasteiger partial charge in [-0.1, -0.05) is 0 Å². The highest BCUT2D eigenvalue weighted by Gasteiger charge is 2.43. The van der Waals surface area contributed by atoms with Crippen LogP contribution in [0.1, 0.15) is 12.8 Å². The Hall–Kier alpha value is -1.93. The summed E-state index contributed by atoms with van der Waals surface area (Å²) in [6, 6.07) is 3.91. The van der Waals surface area contributed by atoms with Crippen LogP contribution in [-0.2, 0) is 10.2 Å². The molecule has 27 heavy (non-hydrogen) atoms. The van der Waals surface area contributed by atoms with Crippen molar-refractivity contribution in [3.05, 3.63) is 33.7 Å². The molecule has 2 rings (SSSR count). The van der Waals surface area contributed by atoms with E-state index in [0.717, 1.165) is 0 Å². The Morgan fingerprint density at radius 3 is 2.63 bits per heavy atom. The lowest BCUT2D eigenvalue weighted by atomic mass is 10.1. The summed E-state index contributed by atoms with van der Waals surface area (Å²) in [5.41, 5.74) is 6.69. The maximum atomic E-state index is 13.2. The number of hydrogen-bond acceptors (Lipinski definition) is 6. The molecule has 13 heteroatoms. The van der Waals surface area contributed by atoms with Gasteiger partial charge in [-0.05, 0) is 47.0 Å². The van der Waals surface area contributed by atoms with Crippen molar-refractivity contribution in [3.8, 4) is 0 Å². The van der Waals surface area contributed by atoms with Gasteiger partial charge in [0.25, 0.3) is 10.2 Å². The maximum Gasteiger partial charge on any atom is 0.274 e. The van der Waals surface area contributed by atoms with Gasteiger partial charge >= 0.3 is 0 Å². The first-order valence-electron chi connectivity index (χ1n) is 7.64. The molecule has 0 aromatic heterocycles. The van der Waals surface area contributed by atoms with Crippen LogP contribution in [0.4, 0.5) is 10.1 Å². The first-order chi connectivity index (χ1) is 12.6. The second-order valence-corrected chi connectivity index (χ2v) is 8.34. The van der Waals surface area contributed by atoms with E-state index in [9.17, 15) is 18.0 Å². The summed E-state index contributed by atoms with van der Waals surface area (Å²) in [6.45, 7) is 0.194. The molecule has 148 valence electrons. The quantitative estimate of drug-likeness (QED) is 0.215. The van der Waals surface area contributed by atoms with Gasteiger partial charge in [0.2, 0.25) is 0 Å². The minimum absolute atomic E-state index is 0.0853. The number of rotatable bonds is 8. The van der Waals surface area contributed by atoms with Crippen LogP contribution >= 0.6 is 15.9 Å². The predicted octanol–water partition coefficient (Wildman–Crippen LogP) is 0.656. The second-order valence-electron chi connectivity index (χ2n) is 6.10. The van der Waals surface area contributed by atoms with Gasteiger partial charge in [0, 0.05) is 18.5 Å². The Bertz CT molecular complexity index is 900.